The van der Waals surface area contributed by atoms with Crippen LogP contribution in [-0.4, -0.2) is 18.9 Å². The first-order valence-corrected chi connectivity index (χ1v) is 6.57. The Labute approximate surface area is 120 Å². The maximum Gasteiger partial charge on any atom is 0.308 e. The SMILES string of the molecule is COC(=O)C(C)C/C(N)=C/C(=O)c1ccc(Br)cc1. The lowest BCUT2D eigenvalue weighted by Gasteiger charge is -2.08. The van der Waals surface area contributed by atoms with Gasteiger partial charge in [-0.25, -0.2) is 0 Å². The molecule has 0 radical (unpaired) electrons. The Kier molecular flexibility index (Phi) is 5.76. The molecule has 2 N–H and O–H groups in total. The zero-order valence-electron chi connectivity index (χ0n) is 10.9. The van der Waals surface area contributed by atoms with Gasteiger partial charge in [-0.2, -0.15) is 0 Å². The van der Waals surface area contributed by atoms with Crippen molar-refractivity contribution in [1.29, 1.82) is 0 Å². The van der Waals surface area contributed by atoms with Crippen LogP contribution < -0.4 is 5.73 Å². The molecule has 1 unspecified atom stereocenters. The first-order valence-electron chi connectivity index (χ1n) is 5.77. The minimum absolute atomic E-state index is 0.179. The molecule has 0 saturated heterocycles. The van der Waals surface area contributed by atoms with Crippen molar-refractivity contribution in [2.45, 2.75) is 13.3 Å². The molecule has 19 heavy (non-hydrogen) atoms. The van der Waals surface area contributed by atoms with Gasteiger partial charge in [-0.05, 0) is 24.3 Å². The van der Waals surface area contributed by atoms with Gasteiger partial charge in [0.2, 0.25) is 0 Å². The van der Waals surface area contributed by atoms with E-state index in [2.05, 4.69) is 20.7 Å². The molecule has 1 rings (SSSR count). The lowest BCUT2D eigenvalue weighted by Crippen LogP contribution is -2.16. The van der Waals surface area contributed by atoms with Gasteiger partial charge in [0, 0.05) is 28.2 Å². The summed E-state index contributed by atoms with van der Waals surface area (Å²) in [7, 11) is 1.33. The summed E-state index contributed by atoms with van der Waals surface area (Å²) in [5.74, 6) is -0.881. The highest BCUT2D eigenvalue weighted by Crippen LogP contribution is 2.13. The number of benzene rings is 1. The minimum Gasteiger partial charge on any atom is -0.469 e. The molecule has 0 saturated carbocycles. The van der Waals surface area contributed by atoms with E-state index in [1.807, 2.05) is 0 Å². The zero-order valence-corrected chi connectivity index (χ0v) is 12.4. The van der Waals surface area contributed by atoms with Crippen molar-refractivity contribution in [3.05, 3.63) is 46.1 Å². The number of nitrogens with two attached hydrogens (primary N) is 1. The van der Waals surface area contributed by atoms with Gasteiger partial charge >= 0.3 is 5.97 Å². The fourth-order valence-corrected chi connectivity index (χ4v) is 1.83. The van der Waals surface area contributed by atoms with Gasteiger partial charge in [0.15, 0.2) is 5.78 Å². The predicted molar refractivity (Wildman–Crippen MR) is 76.5 cm³/mol. The van der Waals surface area contributed by atoms with Crippen molar-refractivity contribution in [2.24, 2.45) is 11.7 Å². The molecule has 0 aromatic heterocycles. The molecule has 1 aromatic carbocycles. The predicted octanol–water partition coefficient (Wildman–Crippen LogP) is 2.67. The van der Waals surface area contributed by atoms with Crippen LogP contribution in [0.25, 0.3) is 0 Å². The normalized spacial score (nSPS) is 12.9. The van der Waals surface area contributed by atoms with E-state index in [4.69, 9.17) is 5.73 Å². The second-order valence-electron chi connectivity index (χ2n) is 4.22. The van der Waals surface area contributed by atoms with Crippen molar-refractivity contribution in [1.82, 2.24) is 0 Å². The van der Waals surface area contributed by atoms with Crippen LogP contribution in [0.2, 0.25) is 0 Å². The third-order valence-corrected chi connectivity index (χ3v) is 3.12. The number of ketones is 1. The fraction of sp³-hybridized carbons (Fsp3) is 0.286. The minimum atomic E-state index is -0.362. The average molecular weight is 326 g/mol. The number of ether oxygens (including phenoxy) is 1. The van der Waals surface area contributed by atoms with Crippen molar-refractivity contribution in [3.8, 4) is 0 Å². The third kappa shape index (κ3) is 4.87. The van der Waals surface area contributed by atoms with Crippen molar-refractivity contribution in [3.63, 3.8) is 0 Å². The van der Waals surface area contributed by atoms with Crippen molar-refractivity contribution in [2.75, 3.05) is 7.11 Å². The molecular formula is C14H16BrNO3. The smallest absolute Gasteiger partial charge is 0.308 e. The Bertz CT molecular complexity index is 494. The molecule has 1 aromatic rings. The number of carbonyl (C=O) groups is 2. The Morgan fingerprint density at radius 2 is 1.95 bits per heavy atom. The molecule has 0 spiro atoms. The largest absolute Gasteiger partial charge is 0.469 e. The van der Waals surface area contributed by atoms with Gasteiger partial charge in [0.25, 0.3) is 0 Å². The van der Waals surface area contributed by atoms with E-state index in [0.29, 0.717) is 17.7 Å². The molecule has 0 aliphatic carbocycles. The van der Waals surface area contributed by atoms with E-state index in [9.17, 15) is 9.59 Å². The summed E-state index contributed by atoms with van der Waals surface area (Å²) in [6.07, 6.45) is 1.65. The highest BCUT2D eigenvalue weighted by atomic mass is 79.9. The first kappa shape index (κ1) is 15.4. The molecule has 0 fully saturated rings. The summed E-state index contributed by atoms with van der Waals surface area (Å²) in [5, 5.41) is 0. The third-order valence-electron chi connectivity index (χ3n) is 2.59. The monoisotopic (exact) mass is 325 g/mol. The van der Waals surface area contributed by atoms with Crippen LogP contribution in [0.1, 0.15) is 23.7 Å². The molecule has 0 aliphatic rings. The summed E-state index contributed by atoms with van der Waals surface area (Å²) >= 11 is 3.30. The van der Waals surface area contributed by atoms with E-state index >= 15 is 0 Å². The van der Waals surface area contributed by atoms with E-state index in [1.54, 1.807) is 31.2 Å². The molecule has 102 valence electrons. The van der Waals surface area contributed by atoms with Gasteiger partial charge in [0.1, 0.15) is 0 Å². The Hall–Kier alpha value is -1.62. The van der Waals surface area contributed by atoms with Crippen LogP contribution in [-0.2, 0) is 9.53 Å². The van der Waals surface area contributed by atoms with Crippen LogP contribution >= 0.6 is 15.9 Å². The lowest BCUT2D eigenvalue weighted by molar-refractivity contribution is -0.144. The van der Waals surface area contributed by atoms with Gasteiger partial charge in [0.05, 0.1) is 13.0 Å². The lowest BCUT2D eigenvalue weighted by atomic mass is 10.0. The maximum absolute atomic E-state index is 11.9. The average Bonchev–Trinajstić information content (AvgIpc) is 2.38. The highest BCUT2D eigenvalue weighted by Gasteiger charge is 2.14. The molecule has 4 nitrogen and oxygen atoms in total. The second kappa shape index (κ2) is 7.09. The highest BCUT2D eigenvalue weighted by molar-refractivity contribution is 9.10. The van der Waals surface area contributed by atoms with Crippen LogP contribution in [0.5, 0.6) is 0 Å². The van der Waals surface area contributed by atoms with Crippen LogP contribution in [0, 0.1) is 5.92 Å². The first-order chi connectivity index (χ1) is 8.93. The van der Waals surface area contributed by atoms with E-state index in [0.717, 1.165) is 4.47 Å². The Morgan fingerprint density at radius 3 is 2.47 bits per heavy atom. The van der Waals surface area contributed by atoms with Crippen molar-refractivity contribution >= 4 is 27.7 Å². The quantitative estimate of drug-likeness (QED) is 0.513. The number of rotatable bonds is 5. The maximum atomic E-state index is 11.9. The van der Waals surface area contributed by atoms with Gasteiger partial charge in [-0.3, -0.25) is 9.59 Å². The number of hydrogen-bond donors (Lipinski definition) is 1. The van der Waals surface area contributed by atoms with Crippen LogP contribution in [0.3, 0.4) is 0 Å². The number of halogens is 1. The zero-order chi connectivity index (χ0) is 14.4. The van der Waals surface area contributed by atoms with Gasteiger partial charge in [-0.15, -0.1) is 0 Å². The van der Waals surface area contributed by atoms with E-state index in [-0.39, 0.29) is 17.7 Å². The second-order valence-corrected chi connectivity index (χ2v) is 5.13. The molecule has 0 aliphatic heterocycles. The molecule has 0 bridgehead atoms. The molecular weight excluding hydrogens is 310 g/mol. The van der Waals surface area contributed by atoms with E-state index < -0.39 is 0 Å². The number of methoxy groups -OCH3 is 1. The summed E-state index contributed by atoms with van der Waals surface area (Å²) in [5.41, 5.74) is 6.68. The summed E-state index contributed by atoms with van der Waals surface area (Å²) in [6.45, 7) is 1.70. The fourth-order valence-electron chi connectivity index (χ4n) is 1.56. The van der Waals surface area contributed by atoms with Gasteiger partial charge < -0.3 is 10.5 Å². The molecule has 0 amide bonds. The number of esters is 1. The van der Waals surface area contributed by atoms with Crippen molar-refractivity contribution < 1.29 is 14.3 Å². The van der Waals surface area contributed by atoms with Crippen LogP contribution in [0.15, 0.2) is 40.5 Å². The number of hydrogen-bond acceptors (Lipinski definition) is 4. The Morgan fingerprint density at radius 1 is 1.37 bits per heavy atom. The molecule has 0 heterocycles. The summed E-state index contributed by atoms with van der Waals surface area (Å²) in [6, 6.07) is 6.99. The summed E-state index contributed by atoms with van der Waals surface area (Å²) < 4.78 is 5.51. The van der Waals surface area contributed by atoms with E-state index in [1.165, 1.54) is 13.2 Å². The number of carbonyl (C=O) groups excluding carboxylic acids is 2. The topological polar surface area (TPSA) is 69.4 Å². The van der Waals surface area contributed by atoms with Crippen LogP contribution in [0.4, 0.5) is 0 Å². The molecule has 1 atom stereocenters. The summed E-state index contributed by atoms with van der Waals surface area (Å²) in [4.78, 5) is 23.1. The van der Waals surface area contributed by atoms with Gasteiger partial charge in [-0.1, -0.05) is 22.9 Å². The molecule has 5 heteroatoms. The Balaban J connectivity index is 2.70. The number of allylic oxidation sites excluding steroid dienone is 2. The standard InChI is InChI=1S/C14H16BrNO3/c1-9(14(18)19-2)7-12(16)8-13(17)10-3-5-11(15)6-4-10/h3-6,8-9H,7,16H2,1-2H3/b12-8-.